The minimum Gasteiger partial charge on any atom is -0.483 e. The van der Waals surface area contributed by atoms with Crippen LogP contribution in [0.15, 0.2) is 30.4 Å². The summed E-state index contributed by atoms with van der Waals surface area (Å²) >= 11 is 0. The summed E-state index contributed by atoms with van der Waals surface area (Å²) in [6, 6.07) is 4.96. The molecule has 0 amide bonds. The number of aliphatic hydroxyl groups excluding tert-OH is 4. The number of Topliss-reactive ketones (excluding diaryl/α,β-unsaturated/α-hetero) is 1. The van der Waals surface area contributed by atoms with Crippen LogP contribution in [-0.4, -0.2) is 69.6 Å². The van der Waals surface area contributed by atoms with Gasteiger partial charge in [-0.25, -0.2) is 0 Å². The lowest BCUT2D eigenvalue weighted by atomic mass is 9.97. The smallest absolute Gasteiger partial charge is 0.187 e. The predicted molar refractivity (Wildman–Crippen MR) is 93.3 cm³/mol. The van der Waals surface area contributed by atoms with E-state index in [9.17, 15) is 25.2 Å². The lowest BCUT2D eigenvalue weighted by Gasteiger charge is -2.40. The molecule has 0 aromatic heterocycles. The molecule has 1 aromatic rings. The van der Waals surface area contributed by atoms with E-state index < -0.39 is 49.5 Å². The Bertz CT molecular complexity index is 730. The summed E-state index contributed by atoms with van der Waals surface area (Å²) in [6.45, 7) is 6.54. The van der Waals surface area contributed by atoms with Crippen molar-refractivity contribution in [2.24, 2.45) is 0 Å². The Labute approximate surface area is 156 Å². The second-order valence-corrected chi connectivity index (χ2v) is 6.95. The van der Waals surface area contributed by atoms with E-state index in [0.717, 1.165) is 0 Å². The van der Waals surface area contributed by atoms with Gasteiger partial charge in [-0.3, -0.25) is 4.79 Å². The first-order valence-corrected chi connectivity index (χ1v) is 8.67. The molecule has 2 aliphatic rings. The number of carbonyl (C=O) groups excluding carboxylic acids is 1. The number of ketones is 1. The lowest BCUT2D eigenvalue weighted by Crippen LogP contribution is -2.59. The number of hydrogen-bond donors (Lipinski definition) is 4. The summed E-state index contributed by atoms with van der Waals surface area (Å²) in [5.41, 5.74) is 1.72. The fourth-order valence-corrected chi connectivity index (χ4v) is 3.29. The molecule has 1 saturated heterocycles. The zero-order valence-electron chi connectivity index (χ0n) is 15.1. The Kier molecular flexibility index (Phi) is 5.66. The standard InChI is InChI=1S/C19H24O8/c1-8(2)17-18(11-6-10(9(3)21)4-5-12(11)25-17)27-19-16(24)15(23)14(22)13(7-20)26-19/h4-6,13-20,22-24H,1,7H2,2-3H3/t13-,14-,15+,16-,17-,18-,19+/m1/s1. The fraction of sp³-hybridized carbons (Fsp3) is 0.526. The van der Waals surface area contributed by atoms with E-state index in [2.05, 4.69) is 6.58 Å². The number of rotatable bonds is 5. The minimum absolute atomic E-state index is 0.122. The van der Waals surface area contributed by atoms with Crippen LogP contribution >= 0.6 is 0 Å². The van der Waals surface area contributed by atoms with Gasteiger partial charge in [0.2, 0.25) is 0 Å². The molecule has 4 N–H and O–H groups in total. The van der Waals surface area contributed by atoms with E-state index in [-0.39, 0.29) is 5.78 Å². The van der Waals surface area contributed by atoms with E-state index in [1.165, 1.54) is 6.92 Å². The number of ether oxygens (including phenoxy) is 3. The van der Waals surface area contributed by atoms with Gasteiger partial charge in [-0.05, 0) is 37.6 Å². The SMILES string of the molecule is C=C(C)[C@H]1Oc2ccc(C(C)=O)cc2[C@H]1O[C@@H]1O[C@H](CO)[C@@H](O)[C@H](O)[C@H]1O. The molecular weight excluding hydrogens is 356 g/mol. The number of benzene rings is 1. The highest BCUT2D eigenvalue weighted by atomic mass is 16.7. The van der Waals surface area contributed by atoms with Crippen molar-refractivity contribution in [2.45, 2.75) is 56.8 Å². The second-order valence-electron chi connectivity index (χ2n) is 6.95. The van der Waals surface area contributed by atoms with Gasteiger partial charge in [0, 0.05) is 11.1 Å². The highest BCUT2D eigenvalue weighted by molar-refractivity contribution is 5.94. The van der Waals surface area contributed by atoms with Crippen molar-refractivity contribution in [3.8, 4) is 5.75 Å². The summed E-state index contributed by atoms with van der Waals surface area (Å²) in [5, 5.41) is 39.4. The molecule has 8 nitrogen and oxygen atoms in total. The van der Waals surface area contributed by atoms with Crippen LogP contribution < -0.4 is 4.74 Å². The summed E-state index contributed by atoms with van der Waals surface area (Å²) in [6.07, 6.45) is -8.29. The van der Waals surface area contributed by atoms with Crippen LogP contribution in [0.2, 0.25) is 0 Å². The van der Waals surface area contributed by atoms with E-state index in [1.807, 2.05) is 0 Å². The molecule has 8 heteroatoms. The molecule has 0 radical (unpaired) electrons. The largest absolute Gasteiger partial charge is 0.483 e. The Balaban J connectivity index is 1.91. The topological polar surface area (TPSA) is 126 Å². The molecule has 1 fully saturated rings. The van der Waals surface area contributed by atoms with Gasteiger partial charge in [0.1, 0.15) is 42.4 Å². The summed E-state index contributed by atoms with van der Waals surface area (Å²) in [7, 11) is 0. The van der Waals surface area contributed by atoms with Crippen molar-refractivity contribution in [3.63, 3.8) is 0 Å². The first-order valence-electron chi connectivity index (χ1n) is 8.67. The molecule has 2 heterocycles. The molecule has 0 saturated carbocycles. The Morgan fingerprint density at radius 1 is 1.19 bits per heavy atom. The predicted octanol–water partition coefficient (Wildman–Crippen LogP) is 0.0839. The normalized spacial score (nSPS) is 35.4. The monoisotopic (exact) mass is 380 g/mol. The van der Waals surface area contributed by atoms with Gasteiger partial charge in [-0.1, -0.05) is 6.58 Å². The molecule has 27 heavy (non-hydrogen) atoms. The van der Waals surface area contributed by atoms with Crippen LogP contribution in [0, 0.1) is 0 Å². The zero-order valence-corrected chi connectivity index (χ0v) is 15.1. The van der Waals surface area contributed by atoms with Crippen LogP contribution in [0.5, 0.6) is 5.75 Å². The van der Waals surface area contributed by atoms with Crippen LogP contribution in [0.1, 0.15) is 35.9 Å². The van der Waals surface area contributed by atoms with Crippen molar-refractivity contribution in [1.82, 2.24) is 0 Å². The third kappa shape index (κ3) is 3.64. The second kappa shape index (κ2) is 7.67. The Morgan fingerprint density at radius 3 is 2.48 bits per heavy atom. The molecule has 0 unspecified atom stereocenters. The highest BCUT2D eigenvalue weighted by Crippen LogP contribution is 2.43. The zero-order chi connectivity index (χ0) is 19.9. The average molecular weight is 380 g/mol. The third-order valence-electron chi connectivity index (χ3n) is 4.87. The molecule has 3 rings (SSSR count). The fourth-order valence-electron chi connectivity index (χ4n) is 3.29. The van der Waals surface area contributed by atoms with Gasteiger partial charge in [0.25, 0.3) is 0 Å². The average Bonchev–Trinajstić information content (AvgIpc) is 3.00. The van der Waals surface area contributed by atoms with Gasteiger partial charge < -0.3 is 34.6 Å². The van der Waals surface area contributed by atoms with Gasteiger partial charge in [0.15, 0.2) is 12.1 Å². The quantitative estimate of drug-likeness (QED) is 0.418. The summed E-state index contributed by atoms with van der Waals surface area (Å²) in [4.78, 5) is 11.7. The van der Waals surface area contributed by atoms with Gasteiger partial charge in [-0.2, -0.15) is 0 Å². The summed E-state index contributed by atoms with van der Waals surface area (Å²) < 4.78 is 17.2. The number of fused-ring (bicyclic) bond motifs is 1. The molecule has 7 atom stereocenters. The van der Waals surface area contributed by atoms with Crippen molar-refractivity contribution >= 4 is 5.78 Å². The van der Waals surface area contributed by atoms with Gasteiger partial charge in [-0.15, -0.1) is 0 Å². The number of carbonyl (C=O) groups is 1. The maximum atomic E-state index is 11.7. The molecule has 148 valence electrons. The molecule has 1 aromatic carbocycles. The maximum absolute atomic E-state index is 11.7. The van der Waals surface area contributed by atoms with Crippen LogP contribution in [-0.2, 0) is 9.47 Å². The lowest BCUT2D eigenvalue weighted by molar-refractivity contribution is -0.314. The van der Waals surface area contributed by atoms with Crippen molar-refractivity contribution < 1.29 is 39.4 Å². The molecule has 2 aliphatic heterocycles. The van der Waals surface area contributed by atoms with Crippen molar-refractivity contribution in [3.05, 3.63) is 41.5 Å². The summed E-state index contributed by atoms with van der Waals surface area (Å²) in [5.74, 6) is 0.394. The van der Waals surface area contributed by atoms with Gasteiger partial charge >= 0.3 is 0 Å². The minimum atomic E-state index is -1.55. The highest BCUT2D eigenvalue weighted by Gasteiger charge is 2.47. The van der Waals surface area contributed by atoms with Crippen molar-refractivity contribution in [2.75, 3.05) is 6.61 Å². The van der Waals surface area contributed by atoms with Crippen molar-refractivity contribution in [1.29, 1.82) is 0 Å². The van der Waals surface area contributed by atoms with Crippen LogP contribution in [0.4, 0.5) is 0 Å². The Morgan fingerprint density at radius 2 is 1.89 bits per heavy atom. The molecule has 0 bridgehead atoms. The van der Waals surface area contributed by atoms with E-state index in [0.29, 0.717) is 22.4 Å². The van der Waals surface area contributed by atoms with Crippen LogP contribution in [0.3, 0.4) is 0 Å². The molecule has 0 spiro atoms. The first kappa shape index (κ1) is 19.9. The van der Waals surface area contributed by atoms with Gasteiger partial charge in [0.05, 0.1) is 6.61 Å². The van der Waals surface area contributed by atoms with Crippen LogP contribution in [0.25, 0.3) is 0 Å². The first-order chi connectivity index (χ1) is 12.7. The van der Waals surface area contributed by atoms with E-state index >= 15 is 0 Å². The maximum Gasteiger partial charge on any atom is 0.187 e. The third-order valence-corrected chi connectivity index (χ3v) is 4.87. The Hall–Kier alpha value is -1.81. The number of aliphatic hydroxyl groups is 4. The van der Waals surface area contributed by atoms with E-state index in [4.69, 9.17) is 14.2 Å². The molecular formula is C19H24O8. The van der Waals surface area contributed by atoms with E-state index in [1.54, 1.807) is 25.1 Å². The number of hydrogen-bond acceptors (Lipinski definition) is 8. The molecule has 0 aliphatic carbocycles.